The van der Waals surface area contributed by atoms with Gasteiger partial charge in [0, 0.05) is 32.5 Å². The molecule has 3 unspecified atom stereocenters. The Morgan fingerprint density at radius 2 is 1.02 bits per heavy atom. The summed E-state index contributed by atoms with van der Waals surface area (Å²) in [4.78, 5) is 40.9. The van der Waals surface area contributed by atoms with Gasteiger partial charge in [-0.2, -0.15) is 0 Å². The van der Waals surface area contributed by atoms with Gasteiger partial charge in [-0.25, -0.2) is 0 Å². The van der Waals surface area contributed by atoms with Crippen LogP contribution < -0.4 is 0 Å². The van der Waals surface area contributed by atoms with Crippen LogP contribution in [0, 0.1) is 17.8 Å². The predicted molar refractivity (Wildman–Crippen MR) is 260 cm³/mol. The zero-order chi connectivity index (χ0) is 46.2. The molecule has 63 heavy (non-hydrogen) atoms. The molecule has 1 aliphatic rings. The van der Waals surface area contributed by atoms with Gasteiger partial charge >= 0.3 is 17.9 Å². The third-order valence-electron chi connectivity index (χ3n) is 11.7. The Morgan fingerprint density at radius 3 is 1.54 bits per heavy atom. The van der Waals surface area contributed by atoms with Crippen LogP contribution in [0.5, 0.6) is 0 Å². The average molecular weight is 886 g/mol. The third-order valence-corrected chi connectivity index (χ3v) is 11.7. The van der Waals surface area contributed by atoms with Crippen LogP contribution in [-0.4, -0.2) is 81.8 Å². The maximum Gasteiger partial charge on any atom is 0.305 e. The Balaban J connectivity index is 2.60. The van der Waals surface area contributed by atoms with E-state index in [-0.39, 0.29) is 44.1 Å². The van der Waals surface area contributed by atoms with E-state index in [0.29, 0.717) is 44.3 Å². The Morgan fingerprint density at radius 1 is 0.540 bits per heavy atom. The Bertz CT molecular complexity index is 1230. The highest BCUT2D eigenvalue weighted by atomic mass is 16.7. The lowest BCUT2D eigenvalue weighted by molar-refractivity contribution is -0.163. The first-order chi connectivity index (χ1) is 30.5. The second kappa shape index (κ2) is 40.7. The van der Waals surface area contributed by atoms with Gasteiger partial charge in [-0.3, -0.25) is 14.4 Å². The quantitative estimate of drug-likeness (QED) is 0.0195. The zero-order valence-electron chi connectivity index (χ0n) is 41.6. The number of rotatable bonds is 41. The monoisotopic (exact) mass is 886 g/mol. The fourth-order valence-electron chi connectivity index (χ4n) is 7.38. The summed E-state index contributed by atoms with van der Waals surface area (Å²) >= 11 is 0. The third kappa shape index (κ3) is 38.3. The van der Waals surface area contributed by atoms with Gasteiger partial charge < -0.3 is 28.6 Å². The molecule has 0 radical (unpaired) electrons. The van der Waals surface area contributed by atoms with E-state index in [4.69, 9.17) is 23.7 Å². The number of carbonyl (C=O) groups excluding carboxylic acids is 3. The van der Waals surface area contributed by atoms with Crippen LogP contribution in [0.4, 0.5) is 0 Å². The molecule has 1 fully saturated rings. The molecular formula is C54H95NO8. The molecule has 0 saturated carbocycles. The minimum Gasteiger partial charge on any atom is -0.465 e. The molecule has 0 aromatic heterocycles. The van der Waals surface area contributed by atoms with Crippen molar-refractivity contribution in [3.63, 3.8) is 0 Å². The highest BCUT2D eigenvalue weighted by Crippen LogP contribution is 2.18. The normalized spacial score (nSPS) is 15.0. The summed E-state index contributed by atoms with van der Waals surface area (Å²) < 4.78 is 29.4. The fourth-order valence-corrected chi connectivity index (χ4v) is 7.38. The van der Waals surface area contributed by atoms with Crippen LogP contribution in [0.15, 0.2) is 47.6 Å². The van der Waals surface area contributed by atoms with Crippen molar-refractivity contribution in [3.8, 4) is 0 Å². The number of nitrogens with zero attached hydrogens (tertiary/aromatic N) is 1. The molecule has 0 spiro atoms. The van der Waals surface area contributed by atoms with Crippen molar-refractivity contribution in [2.24, 2.45) is 17.8 Å². The highest BCUT2D eigenvalue weighted by molar-refractivity contribution is 5.70. The summed E-state index contributed by atoms with van der Waals surface area (Å²) in [5.41, 5.74) is 2.68. The van der Waals surface area contributed by atoms with Gasteiger partial charge in [-0.1, -0.05) is 100 Å². The molecule has 0 aromatic rings. The Labute approximate surface area is 386 Å². The molecule has 3 atom stereocenters. The molecule has 9 heteroatoms. The van der Waals surface area contributed by atoms with Crippen molar-refractivity contribution >= 4 is 17.9 Å². The summed E-state index contributed by atoms with van der Waals surface area (Å²) in [5, 5.41) is 0. The minimum atomic E-state index is -0.500. The number of ether oxygens (including phenoxy) is 5. The van der Waals surface area contributed by atoms with E-state index in [1.165, 1.54) is 49.7 Å². The molecule has 1 aliphatic heterocycles. The summed E-state index contributed by atoms with van der Waals surface area (Å²) in [7, 11) is 0. The number of likely N-dealkylation sites (tertiary alicyclic amines) is 1. The first kappa shape index (κ1) is 58.3. The fraction of sp³-hybridized carbons (Fsp3) is 0.796. The van der Waals surface area contributed by atoms with E-state index in [1.807, 2.05) is 0 Å². The molecule has 0 bridgehead atoms. The maximum absolute atomic E-state index is 13.1. The van der Waals surface area contributed by atoms with E-state index in [0.717, 1.165) is 110 Å². The number of unbranched alkanes of at least 4 members (excludes halogenated alkanes) is 8. The number of allylic oxidation sites excluding steroid dienone is 8. The highest BCUT2D eigenvalue weighted by Gasteiger charge is 2.20. The first-order valence-corrected chi connectivity index (χ1v) is 25.5. The topological polar surface area (TPSA) is 101 Å². The lowest BCUT2D eigenvalue weighted by Gasteiger charge is -2.21. The molecule has 1 saturated heterocycles. The standard InChI is InChI=1S/C54H95NO8/c1-8-9-10-11-12-13-14-15-16-17-18-19-20-21-22-32-51(56)61-43-50(44-62-52(57)33-27-40-55-38-23-24-39-55)45-63-53(58)34-35-54(59-41-36-48(6)30-25-28-46(2)3)60-42-37-49(7)31-26-29-47(4)5/h12-13,15-16,28-29,48-50,54H,8-11,14,17-27,30-45H2,1-7H3/b13-12-,16-15-. The summed E-state index contributed by atoms with van der Waals surface area (Å²) in [6, 6.07) is 0. The largest absolute Gasteiger partial charge is 0.465 e. The van der Waals surface area contributed by atoms with Gasteiger partial charge in [-0.15, -0.1) is 0 Å². The van der Waals surface area contributed by atoms with Crippen molar-refractivity contribution in [2.75, 3.05) is 52.7 Å². The van der Waals surface area contributed by atoms with E-state index in [1.54, 1.807) is 0 Å². The smallest absolute Gasteiger partial charge is 0.305 e. The van der Waals surface area contributed by atoms with Gasteiger partial charge in [-0.05, 0) is 155 Å². The summed E-state index contributed by atoms with van der Waals surface area (Å²) in [5.74, 6) is -0.344. The zero-order valence-corrected chi connectivity index (χ0v) is 41.6. The van der Waals surface area contributed by atoms with Crippen molar-refractivity contribution < 1.29 is 38.1 Å². The van der Waals surface area contributed by atoms with Crippen LogP contribution >= 0.6 is 0 Å². The van der Waals surface area contributed by atoms with Crippen molar-refractivity contribution in [3.05, 3.63) is 47.6 Å². The maximum atomic E-state index is 13.1. The van der Waals surface area contributed by atoms with Crippen LogP contribution in [0.2, 0.25) is 0 Å². The summed E-state index contributed by atoms with van der Waals surface area (Å²) in [6.45, 7) is 19.5. The lowest BCUT2D eigenvalue weighted by atomic mass is 10.0. The number of hydrogen-bond donors (Lipinski definition) is 0. The molecule has 0 aromatic carbocycles. The van der Waals surface area contributed by atoms with Crippen LogP contribution in [-0.2, 0) is 38.1 Å². The van der Waals surface area contributed by atoms with Gasteiger partial charge in [0.1, 0.15) is 19.8 Å². The molecule has 364 valence electrons. The van der Waals surface area contributed by atoms with Crippen LogP contribution in [0.1, 0.15) is 203 Å². The molecule has 1 heterocycles. The van der Waals surface area contributed by atoms with E-state index in [9.17, 15) is 14.4 Å². The second-order valence-corrected chi connectivity index (χ2v) is 18.8. The molecule has 0 amide bonds. The lowest BCUT2D eigenvalue weighted by Crippen LogP contribution is -2.27. The predicted octanol–water partition coefficient (Wildman–Crippen LogP) is 13.6. The van der Waals surface area contributed by atoms with Gasteiger partial charge in [0.05, 0.1) is 12.3 Å². The SMILES string of the molecule is CCCCC/C=C\C/C=C\CCCCCCCC(=O)OCC(COC(=O)CCCN1CCCC1)COC(=O)CCC(OCCC(C)CCC=C(C)C)OCCC(C)CCC=C(C)C. The molecule has 0 aliphatic carbocycles. The average Bonchev–Trinajstić information content (AvgIpc) is 3.77. The van der Waals surface area contributed by atoms with Crippen molar-refractivity contribution in [1.82, 2.24) is 4.90 Å². The molecular weight excluding hydrogens is 791 g/mol. The Kier molecular flexibility index (Phi) is 37.7. The van der Waals surface area contributed by atoms with Crippen LogP contribution in [0.3, 0.4) is 0 Å². The number of esters is 3. The van der Waals surface area contributed by atoms with E-state index in [2.05, 4.69) is 89.8 Å². The van der Waals surface area contributed by atoms with E-state index < -0.39 is 12.2 Å². The molecule has 0 N–H and O–H groups in total. The summed E-state index contributed by atoms with van der Waals surface area (Å²) in [6.07, 6.45) is 36.0. The van der Waals surface area contributed by atoms with E-state index >= 15 is 0 Å². The Hall–Kier alpha value is -2.75. The minimum absolute atomic E-state index is 0.00433. The molecule has 1 rings (SSSR count). The first-order valence-electron chi connectivity index (χ1n) is 25.5. The van der Waals surface area contributed by atoms with Crippen LogP contribution in [0.25, 0.3) is 0 Å². The van der Waals surface area contributed by atoms with Gasteiger partial charge in [0.2, 0.25) is 0 Å². The second-order valence-electron chi connectivity index (χ2n) is 18.8. The molecule has 9 nitrogen and oxygen atoms in total. The number of carbonyl (C=O) groups is 3. The number of hydrogen-bond acceptors (Lipinski definition) is 9. The van der Waals surface area contributed by atoms with Gasteiger partial charge in [0.25, 0.3) is 0 Å². The van der Waals surface area contributed by atoms with Crippen molar-refractivity contribution in [1.29, 1.82) is 0 Å². The van der Waals surface area contributed by atoms with Crippen molar-refractivity contribution in [2.45, 2.75) is 209 Å². The van der Waals surface area contributed by atoms with Gasteiger partial charge in [0.15, 0.2) is 6.29 Å².